The maximum Gasteiger partial charge on any atom is 0.226 e. The molecule has 0 aromatic carbocycles. The summed E-state index contributed by atoms with van der Waals surface area (Å²) in [5.74, 6) is 1.65. The van der Waals surface area contributed by atoms with Crippen LogP contribution in [0.4, 0.5) is 11.8 Å². The first-order valence-corrected chi connectivity index (χ1v) is 5.42. The van der Waals surface area contributed by atoms with Crippen molar-refractivity contribution in [3.63, 3.8) is 0 Å². The Morgan fingerprint density at radius 2 is 2.12 bits per heavy atom. The second-order valence-corrected chi connectivity index (χ2v) is 4.23. The minimum atomic E-state index is 0.166. The van der Waals surface area contributed by atoms with Crippen LogP contribution in [0.3, 0.4) is 0 Å². The number of nitrogens with one attached hydrogen (secondary N) is 1. The molecule has 0 aliphatic carbocycles. The minimum Gasteiger partial charge on any atom is -0.396 e. The van der Waals surface area contributed by atoms with Gasteiger partial charge in [0.1, 0.15) is 5.82 Å². The van der Waals surface area contributed by atoms with E-state index in [0.29, 0.717) is 5.95 Å². The molecule has 2 N–H and O–H groups in total. The van der Waals surface area contributed by atoms with E-state index in [4.69, 9.17) is 5.11 Å². The second-order valence-electron chi connectivity index (χ2n) is 4.23. The quantitative estimate of drug-likeness (QED) is 0.780. The van der Waals surface area contributed by atoms with Gasteiger partial charge in [-0.1, -0.05) is 6.92 Å². The van der Waals surface area contributed by atoms with Crippen LogP contribution in [-0.4, -0.2) is 41.8 Å². The van der Waals surface area contributed by atoms with Crippen LogP contribution < -0.4 is 10.2 Å². The summed E-state index contributed by atoms with van der Waals surface area (Å²) in [7, 11) is 3.80. The van der Waals surface area contributed by atoms with Crippen molar-refractivity contribution in [1.29, 1.82) is 0 Å². The Kier molecular flexibility index (Phi) is 4.49. The van der Waals surface area contributed by atoms with E-state index < -0.39 is 0 Å². The van der Waals surface area contributed by atoms with Crippen LogP contribution in [0.25, 0.3) is 0 Å². The van der Waals surface area contributed by atoms with Crippen molar-refractivity contribution in [3.05, 3.63) is 12.3 Å². The van der Waals surface area contributed by atoms with Crippen LogP contribution in [0, 0.1) is 5.92 Å². The summed E-state index contributed by atoms with van der Waals surface area (Å²) in [6, 6.07) is 2.00. The summed E-state index contributed by atoms with van der Waals surface area (Å²) < 4.78 is 0. The van der Waals surface area contributed by atoms with Crippen LogP contribution in [-0.2, 0) is 0 Å². The fraction of sp³-hybridized carbons (Fsp3) is 0.636. The first-order chi connectivity index (χ1) is 7.54. The maximum atomic E-state index is 9.05. The number of aromatic nitrogens is 2. The minimum absolute atomic E-state index is 0.166. The van der Waals surface area contributed by atoms with Gasteiger partial charge < -0.3 is 15.3 Å². The molecule has 1 aromatic heterocycles. The highest BCUT2D eigenvalue weighted by molar-refractivity contribution is 5.40. The summed E-state index contributed by atoms with van der Waals surface area (Å²) in [6.45, 7) is 4.18. The molecule has 0 saturated carbocycles. The monoisotopic (exact) mass is 224 g/mol. The van der Waals surface area contributed by atoms with Crippen molar-refractivity contribution in [1.82, 2.24) is 9.97 Å². The molecule has 1 aromatic rings. The van der Waals surface area contributed by atoms with E-state index in [9.17, 15) is 0 Å². The Labute approximate surface area is 96.5 Å². The third-order valence-corrected chi connectivity index (χ3v) is 2.56. The van der Waals surface area contributed by atoms with Gasteiger partial charge in [0.25, 0.3) is 0 Å². The molecule has 5 nitrogen and oxygen atoms in total. The van der Waals surface area contributed by atoms with E-state index in [-0.39, 0.29) is 18.6 Å². The number of rotatable bonds is 5. The molecule has 0 bridgehead atoms. The lowest BCUT2D eigenvalue weighted by Gasteiger charge is -2.20. The molecule has 0 saturated heterocycles. The summed E-state index contributed by atoms with van der Waals surface area (Å²) >= 11 is 0. The van der Waals surface area contributed by atoms with Crippen LogP contribution >= 0.6 is 0 Å². The topological polar surface area (TPSA) is 61.3 Å². The molecule has 2 atom stereocenters. The average molecular weight is 224 g/mol. The van der Waals surface area contributed by atoms with Gasteiger partial charge in [-0.2, -0.15) is 4.98 Å². The van der Waals surface area contributed by atoms with Crippen molar-refractivity contribution in [2.45, 2.75) is 19.9 Å². The number of anilines is 2. The zero-order chi connectivity index (χ0) is 12.1. The van der Waals surface area contributed by atoms with Crippen LogP contribution in [0.5, 0.6) is 0 Å². The van der Waals surface area contributed by atoms with Crippen molar-refractivity contribution in [2.24, 2.45) is 5.92 Å². The van der Waals surface area contributed by atoms with Gasteiger partial charge in [0.05, 0.1) is 0 Å². The highest BCUT2D eigenvalue weighted by Crippen LogP contribution is 2.12. The van der Waals surface area contributed by atoms with Crippen LogP contribution in [0.2, 0.25) is 0 Å². The van der Waals surface area contributed by atoms with E-state index in [1.54, 1.807) is 6.20 Å². The summed E-state index contributed by atoms with van der Waals surface area (Å²) in [5.41, 5.74) is 0. The zero-order valence-corrected chi connectivity index (χ0v) is 10.3. The number of nitrogens with zero attached hydrogens (tertiary/aromatic N) is 3. The Balaban J connectivity index is 2.70. The predicted octanol–water partition coefficient (Wildman–Crippen LogP) is 0.971. The lowest BCUT2D eigenvalue weighted by molar-refractivity contribution is 0.226. The standard InChI is InChI=1S/C11H20N4O/c1-8(7-16)9(2)13-10-5-6-12-11(14-10)15(3)4/h5-6,8-9,16H,7H2,1-4H3,(H,12,13,14). The molecule has 0 amide bonds. The predicted molar refractivity (Wildman–Crippen MR) is 65.7 cm³/mol. The smallest absolute Gasteiger partial charge is 0.226 e. The van der Waals surface area contributed by atoms with Gasteiger partial charge in [0.2, 0.25) is 5.95 Å². The van der Waals surface area contributed by atoms with Crippen molar-refractivity contribution in [2.75, 3.05) is 30.9 Å². The molecule has 0 radical (unpaired) electrons. The molecular weight excluding hydrogens is 204 g/mol. The van der Waals surface area contributed by atoms with Crippen LogP contribution in [0.15, 0.2) is 12.3 Å². The number of aliphatic hydroxyl groups excluding tert-OH is 1. The van der Waals surface area contributed by atoms with E-state index in [0.717, 1.165) is 5.82 Å². The molecule has 1 rings (SSSR count). The van der Waals surface area contributed by atoms with E-state index >= 15 is 0 Å². The highest BCUT2D eigenvalue weighted by Gasteiger charge is 2.11. The molecule has 2 unspecified atom stereocenters. The number of aliphatic hydroxyl groups is 1. The van der Waals surface area contributed by atoms with Crippen molar-refractivity contribution in [3.8, 4) is 0 Å². The molecule has 0 aliphatic rings. The van der Waals surface area contributed by atoms with Crippen LogP contribution in [0.1, 0.15) is 13.8 Å². The third-order valence-electron chi connectivity index (χ3n) is 2.56. The fourth-order valence-electron chi connectivity index (χ4n) is 1.18. The summed E-state index contributed by atoms with van der Waals surface area (Å²) in [5, 5.41) is 12.3. The van der Waals surface area contributed by atoms with E-state index in [1.807, 2.05) is 38.9 Å². The molecule has 1 heterocycles. The molecule has 90 valence electrons. The zero-order valence-electron chi connectivity index (χ0n) is 10.3. The molecule has 0 aliphatic heterocycles. The number of hydrogen-bond donors (Lipinski definition) is 2. The normalized spacial score (nSPS) is 14.3. The van der Waals surface area contributed by atoms with E-state index in [1.165, 1.54) is 0 Å². The van der Waals surface area contributed by atoms with Gasteiger partial charge in [-0.15, -0.1) is 0 Å². The molecule has 5 heteroatoms. The maximum absolute atomic E-state index is 9.05. The van der Waals surface area contributed by atoms with Gasteiger partial charge in [0, 0.05) is 32.9 Å². The van der Waals surface area contributed by atoms with Gasteiger partial charge >= 0.3 is 0 Å². The average Bonchev–Trinajstić information content (AvgIpc) is 2.28. The molecule has 0 fully saturated rings. The summed E-state index contributed by atoms with van der Waals surface area (Å²) in [4.78, 5) is 10.3. The van der Waals surface area contributed by atoms with Gasteiger partial charge in [-0.25, -0.2) is 4.98 Å². The van der Waals surface area contributed by atoms with Gasteiger partial charge in [-0.3, -0.25) is 0 Å². The SMILES string of the molecule is CC(CO)C(C)Nc1ccnc(N(C)C)n1. The Hall–Kier alpha value is -1.36. The first-order valence-electron chi connectivity index (χ1n) is 5.42. The Bertz CT molecular complexity index is 330. The highest BCUT2D eigenvalue weighted by atomic mass is 16.3. The largest absolute Gasteiger partial charge is 0.396 e. The molecule has 16 heavy (non-hydrogen) atoms. The second kappa shape index (κ2) is 5.65. The third kappa shape index (κ3) is 3.34. The molecule has 0 spiro atoms. The lowest BCUT2D eigenvalue weighted by atomic mass is 10.1. The van der Waals surface area contributed by atoms with Gasteiger partial charge in [-0.05, 0) is 18.9 Å². The Morgan fingerprint density at radius 3 is 2.69 bits per heavy atom. The lowest BCUT2D eigenvalue weighted by Crippen LogP contribution is -2.27. The van der Waals surface area contributed by atoms with Crippen molar-refractivity contribution < 1.29 is 5.11 Å². The number of hydrogen-bond acceptors (Lipinski definition) is 5. The Morgan fingerprint density at radius 1 is 1.44 bits per heavy atom. The first kappa shape index (κ1) is 12.7. The van der Waals surface area contributed by atoms with E-state index in [2.05, 4.69) is 15.3 Å². The molecular formula is C11H20N4O. The van der Waals surface area contributed by atoms with Crippen molar-refractivity contribution >= 4 is 11.8 Å². The summed E-state index contributed by atoms with van der Waals surface area (Å²) in [6.07, 6.45) is 1.72. The fourth-order valence-corrected chi connectivity index (χ4v) is 1.18. The van der Waals surface area contributed by atoms with Gasteiger partial charge in [0.15, 0.2) is 0 Å².